The lowest BCUT2D eigenvalue weighted by Gasteiger charge is -1.98. The Balaban J connectivity index is 2.70. The molecule has 2 rings (SSSR count). The summed E-state index contributed by atoms with van der Waals surface area (Å²) in [5, 5.41) is 0.890. The van der Waals surface area contributed by atoms with Crippen LogP contribution in [0.15, 0.2) is 27.6 Å². The van der Waals surface area contributed by atoms with Gasteiger partial charge in [0.15, 0.2) is 0 Å². The lowest BCUT2D eigenvalue weighted by Crippen LogP contribution is -2.05. The fourth-order valence-electron chi connectivity index (χ4n) is 1.32. The number of aromatic amines is 1. The van der Waals surface area contributed by atoms with Crippen molar-refractivity contribution < 1.29 is 9.15 Å². The van der Waals surface area contributed by atoms with Crippen LogP contribution in [0, 0.1) is 0 Å². The van der Waals surface area contributed by atoms with Crippen molar-refractivity contribution in [2.24, 2.45) is 0 Å². The van der Waals surface area contributed by atoms with Crippen molar-refractivity contribution in [2.45, 2.75) is 6.61 Å². The van der Waals surface area contributed by atoms with Crippen molar-refractivity contribution in [1.82, 2.24) is 4.98 Å². The first-order valence-corrected chi connectivity index (χ1v) is 3.89. The van der Waals surface area contributed by atoms with Crippen LogP contribution in [0.2, 0.25) is 0 Å². The highest BCUT2D eigenvalue weighted by atomic mass is 16.5. The van der Waals surface area contributed by atoms with E-state index in [0.717, 1.165) is 10.9 Å². The molecule has 0 aromatic carbocycles. The van der Waals surface area contributed by atoms with E-state index < -0.39 is 0 Å². The Morgan fingerprint density at radius 2 is 2.46 bits per heavy atom. The fraction of sp³-hybridized carbons (Fsp3) is 0.222. The molecule has 0 atom stereocenters. The zero-order valence-corrected chi connectivity index (χ0v) is 7.16. The van der Waals surface area contributed by atoms with Gasteiger partial charge >= 0.3 is 0 Å². The minimum absolute atomic E-state index is 0.172. The first-order valence-electron chi connectivity index (χ1n) is 3.89. The second-order valence-corrected chi connectivity index (χ2v) is 2.76. The van der Waals surface area contributed by atoms with Gasteiger partial charge in [-0.25, -0.2) is 0 Å². The summed E-state index contributed by atoms with van der Waals surface area (Å²) in [5.41, 5.74) is 1.17. The first kappa shape index (κ1) is 8.07. The SMILES string of the molecule is COCc1cc(=O)[nH]c2occc12. The van der Waals surface area contributed by atoms with Crippen LogP contribution in [0.3, 0.4) is 0 Å². The molecule has 0 aliphatic heterocycles. The summed E-state index contributed by atoms with van der Waals surface area (Å²) >= 11 is 0. The van der Waals surface area contributed by atoms with Gasteiger partial charge in [0.05, 0.1) is 12.9 Å². The number of fused-ring (bicyclic) bond motifs is 1. The van der Waals surface area contributed by atoms with Crippen molar-refractivity contribution in [3.63, 3.8) is 0 Å². The number of pyridine rings is 1. The number of ether oxygens (including phenoxy) is 1. The maximum Gasteiger partial charge on any atom is 0.251 e. The summed E-state index contributed by atoms with van der Waals surface area (Å²) in [6.45, 7) is 0.417. The number of hydrogen-bond donors (Lipinski definition) is 1. The summed E-state index contributed by atoms with van der Waals surface area (Å²) in [7, 11) is 1.59. The van der Waals surface area contributed by atoms with Gasteiger partial charge in [-0.2, -0.15) is 0 Å². The monoisotopic (exact) mass is 179 g/mol. The third-order valence-corrected chi connectivity index (χ3v) is 1.85. The van der Waals surface area contributed by atoms with E-state index in [4.69, 9.17) is 9.15 Å². The highest BCUT2D eigenvalue weighted by molar-refractivity contribution is 5.76. The predicted molar refractivity (Wildman–Crippen MR) is 47.5 cm³/mol. The van der Waals surface area contributed by atoms with Crippen LogP contribution in [0.1, 0.15) is 5.56 Å². The molecule has 0 bridgehead atoms. The third-order valence-electron chi connectivity index (χ3n) is 1.85. The molecule has 1 N–H and O–H groups in total. The number of H-pyrrole nitrogens is 1. The standard InChI is InChI=1S/C9H9NO3/c1-12-5-6-4-8(11)10-9-7(6)2-3-13-9/h2-4H,5H2,1H3,(H,10,11). The zero-order valence-electron chi connectivity index (χ0n) is 7.16. The van der Waals surface area contributed by atoms with E-state index in [2.05, 4.69) is 4.98 Å². The van der Waals surface area contributed by atoms with E-state index in [1.165, 1.54) is 6.07 Å². The second-order valence-electron chi connectivity index (χ2n) is 2.76. The van der Waals surface area contributed by atoms with Crippen molar-refractivity contribution in [3.8, 4) is 0 Å². The molecule has 2 heterocycles. The Labute approximate surface area is 74.1 Å². The average molecular weight is 179 g/mol. The molecule has 0 radical (unpaired) electrons. The van der Waals surface area contributed by atoms with Crippen LogP contribution in [-0.2, 0) is 11.3 Å². The van der Waals surface area contributed by atoms with Gasteiger partial charge in [-0.3, -0.25) is 9.78 Å². The molecule has 0 aliphatic rings. The van der Waals surface area contributed by atoms with Crippen LogP contribution >= 0.6 is 0 Å². The van der Waals surface area contributed by atoms with Crippen molar-refractivity contribution in [1.29, 1.82) is 0 Å². The Kier molecular flexibility index (Phi) is 1.90. The third kappa shape index (κ3) is 1.36. The normalized spacial score (nSPS) is 10.8. The molecular formula is C9H9NO3. The summed E-state index contributed by atoms with van der Waals surface area (Å²) in [4.78, 5) is 13.7. The minimum Gasteiger partial charge on any atom is -0.448 e. The molecule has 68 valence electrons. The number of furan rings is 1. The fourth-order valence-corrected chi connectivity index (χ4v) is 1.32. The van der Waals surface area contributed by atoms with E-state index in [1.54, 1.807) is 19.4 Å². The molecule has 0 fully saturated rings. The van der Waals surface area contributed by atoms with E-state index in [0.29, 0.717) is 12.3 Å². The smallest absolute Gasteiger partial charge is 0.251 e. The topological polar surface area (TPSA) is 55.2 Å². The van der Waals surface area contributed by atoms with E-state index in [1.807, 2.05) is 0 Å². The van der Waals surface area contributed by atoms with Gasteiger partial charge in [0.1, 0.15) is 0 Å². The van der Waals surface area contributed by atoms with Crippen LogP contribution in [-0.4, -0.2) is 12.1 Å². The largest absolute Gasteiger partial charge is 0.448 e. The van der Waals surface area contributed by atoms with Gasteiger partial charge in [0.25, 0.3) is 5.56 Å². The number of nitrogens with one attached hydrogen (secondary N) is 1. The van der Waals surface area contributed by atoms with E-state index in [9.17, 15) is 4.79 Å². The number of rotatable bonds is 2. The van der Waals surface area contributed by atoms with Gasteiger partial charge in [0.2, 0.25) is 5.71 Å². The van der Waals surface area contributed by atoms with Gasteiger partial charge in [0, 0.05) is 18.6 Å². The van der Waals surface area contributed by atoms with Crippen LogP contribution in [0.5, 0.6) is 0 Å². The summed E-state index contributed by atoms with van der Waals surface area (Å²) in [5.74, 6) is 0. The maximum atomic E-state index is 11.1. The van der Waals surface area contributed by atoms with Crippen LogP contribution < -0.4 is 5.56 Å². The molecule has 0 unspecified atom stereocenters. The highest BCUT2D eigenvalue weighted by Crippen LogP contribution is 2.16. The second kappa shape index (κ2) is 3.06. The molecule has 2 aromatic heterocycles. The van der Waals surface area contributed by atoms with Crippen LogP contribution in [0.4, 0.5) is 0 Å². The summed E-state index contributed by atoms with van der Waals surface area (Å²) < 4.78 is 10.0. The maximum absolute atomic E-state index is 11.1. The minimum atomic E-state index is -0.172. The lowest BCUT2D eigenvalue weighted by atomic mass is 10.2. The Hall–Kier alpha value is -1.55. The average Bonchev–Trinajstić information content (AvgIpc) is 2.52. The summed E-state index contributed by atoms with van der Waals surface area (Å²) in [6.07, 6.45) is 1.54. The Morgan fingerprint density at radius 3 is 3.23 bits per heavy atom. The van der Waals surface area contributed by atoms with Gasteiger partial charge in [-0.05, 0) is 11.6 Å². The van der Waals surface area contributed by atoms with Crippen molar-refractivity contribution in [2.75, 3.05) is 7.11 Å². The molecule has 0 amide bonds. The van der Waals surface area contributed by atoms with Crippen LogP contribution in [0.25, 0.3) is 11.1 Å². The summed E-state index contributed by atoms with van der Waals surface area (Å²) in [6, 6.07) is 3.32. The molecule has 0 saturated heterocycles. The van der Waals surface area contributed by atoms with Gasteiger partial charge < -0.3 is 9.15 Å². The molecule has 13 heavy (non-hydrogen) atoms. The molecule has 0 spiro atoms. The van der Waals surface area contributed by atoms with Gasteiger partial charge in [-0.15, -0.1) is 0 Å². The van der Waals surface area contributed by atoms with Crippen molar-refractivity contribution in [3.05, 3.63) is 34.3 Å². The predicted octanol–water partition coefficient (Wildman–Crippen LogP) is 1.27. The molecular weight excluding hydrogens is 170 g/mol. The molecule has 0 aliphatic carbocycles. The highest BCUT2D eigenvalue weighted by Gasteiger charge is 2.04. The number of aromatic nitrogens is 1. The number of methoxy groups -OCH3 is 1. The van der Waals surface area contributed by atoms with E-state index >= 15 is 0 Å². The molecule has 2 aromatic rings. The quantitative estimate of drug-likeness (QED) is 0.755. The molecule has 0 saturated carbocycles. The van der Waals surface area contributed by atoms with Gasteiger partial charge in [-0.1, -0.05) is 0 Å². The number of hydrogen-bond acceptors (Lipinski definition) is 3. The zero-order chi connectivity index (χ0) is 9.26. The lowest BCUT2D eigenvalue weighted by molar-refractivity contribution is 0.186. The molecule has 4 nitrogen and oxygen atoms in total. The first-order chi connectivity index (χ1) is 6.31. The Bertz CT molecular complexity index is 469. The Morgan fingerprint density at radius 1 is 1.62 bits per heavy atom. The molecule has 4 heteroatoms. The van der Waals surface area contributed by atoms with Crippen molar-refractivity contribution >= 4 is 11.1 Å². The van der Waals surface area contributed by atoms with E-state index in [-0.39, 0.29) is 5.56 Å².